The Morgan fingerprint density at radius 3 is 1.58 bits per heavy atom. The zero-order valence-corrected chi connectivity index (χ0v) is 43.0. The second-order valence-electron chi connectivity index (χ2n) is 24.8. The van der Waals surface area contributed by atoms with Gasteiger partial charge in [0.25, 0.3) is 6.71 Å². The van der Waals surface area contributed by atoms with Crippen LogP contribution in [0.15, 0.2) is 144 Å². The van der Waals surface area contributed by atoms with Gasteiger partial charge in [0.2, 0.25) is 5.88 Å². The van der Waals surface area contributed by atoms with Crippen LogP contribution < -0.4 is 26.2 Å². The van der Waals surface area contributed by atoms with E-state index in [1.807, 2.05) is 0 Å². The quantitative estimate of drug-likeness (QED) is 0.164. The normalized spacial score (nSPS) is 18.0. The molecule has 7 aromatic carbocycles. The molecule has 0 saturated carbocycles. The standard InChI is InChI=1S/C65H67BN2O/c1-40-33-54-58-55(34-40)68(59-46(41-21-15-13-16-22-41)35-43(61(2,3)4)36-47(59)42-23-17-14-18-24-42)60-57(45-25-19-20-26-56(45)69-60)66(58)52-38-50-51(65(11,12)32-31-64(50,9)10)39-53(52)67(54)44-27-28-48-49(37-44)63(7,8)30-29-62(48,5)6/h13-28,33-39H,29-32H2,1-12H3. The van der Waals surface area contributed by atoms with Crippen molar-refractivity contribution in [2.45, 2.75) is 136 Å². The van der Waals surface area contributed by atoms with Gasteiger partial charge in [0.15, 0.2) is 0 Å². The van der Waals surface area contributed by atoms with Crippen molar-refractivity contribution in [3.8, 4) is 22.3 Å². The molecule has 2 aliphatic heterocycles. The molecular weight excluding hydrogens is 836 g/mol. The molecule has 0 amide bonds. The lowest BCUT2D eigenvalue weighted by Gasteiger charge is -2.47. The molecule has 8 aromatic rings. The number of hydrogen-bond acceptors (Lipinski definition) is 3. The first kappa shape index (κ1) is 44.0. The molecule has 0 N–H and O–H groups in total. The predicted molar refractivity (Wildman–Crippen MR) is 295 cm³/mol. The minimum Gasteiger partial charge on any atom is -0.440 e. The molecular formula is C65H67BN2O. The number of fused-ring (bicyclic) bond motifs is 8. The summed E-state index contributed by atoms with van der Waals surface area (Å²) in [5.74, 6) is 0.901. The van der Waals surface area contributed by atoms with Crippen molar-refractivity contribution < 1.29 is 4.42 Å². The molecule has 0 fully saturated rings. The Morgan fingerprint density at radius 2 is 1.00 bits per heavy atom. The van der Waals surface area contributed by atoms with E-state index in [4.69, 9.17) is 4.42 Å². The highest BCUT2D eigenvalue weighted by atomic mass is 16.4. The SMILES string of the molecule is Cc1cc2c3c(c1)N(c1c(-c4ccccc4)cc(C(C)(C)C)cc1-c1ccccc1)c1oc4ccccc4c1B3c1cc3c(cc1N2c1ccc2c(c1)C(C)(C)CCC2(C)C)C(C)(C)CCC3(C)C. The van der Waals surface area contributed by atoms with Gasteiger partial charge in [-0.25, -0.2) is 0 Å². The van der Waals surface area contributed by atoms with Crippen molar-refractivity contribution in [3.05, 3.63) is 173 Å². The van der Waals surface area contributed by atoms with Crippen molar-refractivity contribution in [2.75, 3.05) is 9.80 Å². The maximum Gasteiger partial charge on any atom is 0.257 e. The molecule has 346 valence electrons. The molecule has 12 rings (SSSR count). The maximum atomic E-state index is 7.46. The van der Waals surface area contributed by atoms with E-state index in [1.54, 1.807) is 0 Å². The van der Waals surface area contributed by atoms with Crippen LogP contribution in [0.1, 0.15) is 135 Å². The number of nitrogens with zero attached hydrogens (tertiary/aromatic N) is 2. The van der Waals surface area contributed by atoms with Gasteiger partial charge in [-0.1, -0.05) is 167 Å². The summed E-state index contributed by atoms with van der Waals surface area (Å²) in [6.45, 7) is 28.9. The summed E-state index contributed by atoms with van der Waals surface area (Å²) >= 11 is 0. The van der Waals surface area contributed by atoms with E-state index in [0.29, 0.717) is 0 Å². The van der Waals surface area contributed by atoms with Crippen LogP contribution in [0.4, 0.5) is 34.3 Å². The van der Waals surface area contributed by atoms with E-state index in [0.717, 1.165) is 30.0 Å². The van der Waals surface area contributed by atoms with Gasteiger partial charge in [-0.05, 0) is 164 Å². The molecule has 0 atom stereocenters. The van der Waals surface area contributed by atoms with E-state index in [2.05, 4.69) is 232 Å². The fourth-order valence-corrected chi connectivity index (χ4v) is 12.9. The molecule has 3 heterocycles. The molecule has 1 aromatic heterocycles. The summed E-state index contributed by atoms with van der Waals surface area (Å²) in [4.78, 5) is 5.22. The Labute approximate surface area is 411 Å². The van der Waals surface area contributed by atoms with Crippen LogP contribution in [-0.2, 0) is 27.1 Å². The van der Waals surface area contributed by atoms with Gasteiger partial charge in [-0.2, -0.15) is 0 Å². The van der Waals surface area contributed by atoms with Gasteiger partial charge >= 0.3 is 0 Å². The van der Waals surface area contributed by atoms with Gasteiger partial charge in [-0.15, -0.1) is 0 Å². The summed E-state index contributed by atoms with van der Waals surface area (Å²) in [6, 6.07) is 53.5. The molecule has 0 bridgehead atoms. The molecule has 2 aliphatic carbocycles. The van der Waals surface area contributed by atoms with E-state index in [-0.39, 0.29) is 33.8 Å². The third-order valence-electron chi connectivity index (χ3n) is 17.2. The zero-order valence-electron chi connectivity index (χ0n) is 43.0. The molecule has 0 radical (unpaired) electrons. The van der Waals surface area contributed by atoms with Gasteiger partial charge in [-0.3, -0.25) is 4.90 Å². The Bertz CT molecular complexity index is 3340. The summed E-state index contributed by atoms with van der Waals surface area (Å²) in [7, 11) is 0. The van der Waals surface area contributed by atoms with Gasteiger partial charge in [0.05, 0.1) is 5.69 Å². The van der Waals surface area contributed by atoms with Crippen LogP contribution in [0.25, 0.3) is 33.2 Å². The van der Waals surface area contributed by atoms with Gasteiger partial charge in [0.1, 0.15) is 5.58 Å². The Hall–Kier alpha value is -6.26. The second kappa shape index (κ2) is 14.9. The van der Waals surface area contributed by atoms with Crippen LogP contribution in [0.2, 0.25) is 0 Å². The van der Waals surface area contributed by atoms with Gasteiger partial charge in [0, 0.05) is 44.7 Å². The maximum absolute atomic E-state index is 7.46. The number of anilines is 6. The summed E-state index contributed by atoms with van der Waals surface area (Å²) < 4.78 is 7.46. The lowest BCUT2D eigenvalue weighted by Crippen LogP contribution is -2.61. The fourth-order valence-electron chi connectivity index (χ4n) is 12.9. The van der Waals surface area contributed by atoms with E-state index < -0.39 is 0 Å². The molecule has 3 nitrogen and oxygen atoms in total. The number of aryl methyl sites for hydroxylation is 1. The summed E-state index contributed by atoms with van der Waals surface area (Å²) in [5.41, 5.74) is 24.2. The average Bonchev–Trinajstić information content (AvgIpc) is 3.70. The number of hydrogen-bond donors (Lipinski definition) is 0. The van der Waals surface area contributed by atoms with Crippen molar-refractivity contribution in [3.63, 3.8) is 0 Å². The van der Waals surface area contributed by atoms with Crippen LogP contribution >= 0.6 is 0 Å². The molecule has 0 spiro atoms. The number of para-hydroxylation sites is 1. The van der Waals surface area contributed by atoms with Gasteiger partial charge < -0.3 is 9.32 Å². The summed E-state index contributed by atoms with van der Waals surface area (Å²) in [5, 5.41) is 1.17. The molecule has 4 aliphatic rings. The van der Waals surface area contributed by atoms with Crippen LogP contribution in [0.5, 0.6) is 0 Å². The zero-order chi connectivity index (χ0) is 48.2. The smallest absolute Gasteiger partial charge is 0.257 e. The summed E-state index contributed by atoms with van der Waals surface area (Å²) in [6.07, 6.45) is 4.66. The fraction of sp³-hybridized carbons (Fsp3) is 0.323. The third kappa shape index (κ3) is 6.67. The highest BCUT2D eigenvalue weighted by Crippen LogP contribution is 2.55. The first-order valence-electron chi connectivity index (χ1n) is 25.6. The molecule has 4 heteroatoms. The molecule has 0 saturated heterocycles. The van der Waals surface area contributed by atoms with Crippen molar-refractivity contribution in [1.29, 1.82) is 0 Å². The lowest BCUT2D eigenvalue weighted by atomic mass is 9.33. The molecule has 0 unspecified atom stereocenters. The lowest BCUT2D eigenvalue weighted by molar-refractivity contribution is 0.332. The van der Waals surface area contributed by atoms with Crippen molar-refractivity contribution in [2.24, 2.45) is 0 Å². The monoisotopic (exact) mass is 903 g/mol. The van der Waals surface area contributed by atoms with Crippen LogP contribution in [0, 0.1) is 6.92 Å². The Morgan fingerprint density at radius 1 is 0.493 bits per heavy atom. The highest BCUT2D eigenvalue weighted by molar-refractivity contribution is 7.01. The van der Waals surface area contributed by atoms with E-state index >= 15 is 0 Å². The van der Waals surface area contributed by atoms with E-state index in [9.17, 15) is 0 Å². The van der Waals surface area contributed by atoms with Crippen LogP contribution in [0.3, 0.4) is 0 Å². The average molecular weight is 903 g/mol. The topological polar surface area (TPSA) is 19.6 Å². The number of furan rings is 1. The molecule has 69 heavy (non-hydrogen) atoms. The van der Waals surface area contributed by atoms with E-state index in [1.165, 1.54) is 113 Å². The number of benzene rings is 7. The number of rotatable bonds is 4. The highest BCUT2D eigenvalue weighted by Gasteiger charge is 2.49. The minimum absolute atomic E-state index is 0.0223. The van der Waals surface area contributed by atoms with Crippen LogP contribution in [-0.4, -0.2) is 6.71 Å². The predicted octanol–water partition coefficient (Wildman–Crippen LogP) is 16.2. The Balaban J connectivity index is 1.24. The Kier molecular flexibility index (Phi) is 9.48. The first-order valence-corrected chi connectivity index (χ1v) is 25.6. The van der Waals surface area contributed by atoms with Crippen molar-refractivity contribution >= 4 is 68.4 Å². The van der Waals surface area contributed by atoms with Crippen molar-refractivity contribution in [1.82, 2.24) is 0 Å². The minimum atomic E-state index is -0.101. The second-order valence-corrected chi connectivity index (χ2v) is 24.8. The third-order valence-corrected chi connectivity index (χ3v) is 17.2. The first-order chi connectivity index (χ1) is 32.7. The largest absolute Gasteiger partial charge is 0.440 e.